The van der Waals surface area contributed by atoms with Crippen molar-refractivity contribution >= 4 is 11.6 Å². The number of rotatable bonds is 2. The predicted octanol–water partition coefficient (Wildman–Crippen LogP) is 2.79. The molecule has 78 valence electrons. The van der Waals surface area contributed by atoms with Crippen molar-refractivity contribution in [1.29, 1.82) is 5.26 Å². The van der Waals surface area contributed by atoms with E-state index in [1.807, 2.05) is 12.1 Å². The van der Waals surface area contributed by atoms with Gasteiger partial charge in [0.1, 0.15) is 11.7 Å². The molecule has 0 saturated heterocycles. The molecule has 16 heavy (non-hydrogen) atoms. The van der Waals surface area contributed by atoms with Gasteiger partial charge in [-0.2, -0.15) is 5.26 Å². The van der Waals surface area contributed by atoms with Gasteiger partial charge in [0.15, 0.2) is 0 Å². The largest absolute Gasteiger partial charge is 0.240 e. The molecule has 2 rings (SSSR count). The second-order valence-corrected chi connectivity index (χ2v) is 3.66. The Morgan fingerprint density at radius 2 is 1.75 bits per heavy atom. The van der Waals surface area contributed by atoms with Gasteiger partial charge in [-0.1, -0.05) is 23.7 Å². The number of halogens is 1. The number of nitrogens with zero attached hydrogens (tertiary/aromatic N) is 3. The normalized spacial score (nSPS) is 11.8. The van der Waals surface area contributed by atoms with Crippen molar-refractivity contribution < 1.29 is 0 Å². The maximum Gasteiger partial charge on any atom is 0.149 e. The maximum atomic E-state index is 9.14. The molecule has 1 unspecified atom stereocenters. The highest BCUT2D eigenvalue weighted by Gasteiger charge is 2.15. The first-order valence-corrected chi connectivity index (χ1v) is 5.11. The second-order valence-electron chi connectivity index (χ2n) is 3.22. The molecule has 0 aliphatic carbocycles. The van der Waals surface area contributed by atoms with E-state index in [9.17, 15) is 0 Å². The van der Waals surface area contributed by atoms with Gasteiger partial charge in [0.05, 0.1) is 6.07 Å². The summed E-state index contributed by atoms with van der Waals surface area (Å²) in [5.74, 6) is 0.0609. The van der Waals surface area contributed by atoms with Crippen LogP contribution in [0.15, 0.2) is 42.7 Å². The molecule has 2 aromatic rings. The second kappa shape index (κ2) is 4.73. The van der Waals surface area contributed by atoms with Crippen LogP contribution in [-0.4, -0.2) is 9.97 Å². The van der Waals surface area contributed by atoms with E-state index in [1.165, 1.54) is 0 Å². The van der Waals surface area contributed by atoms with Crippen LogP contribution < -0.4 is 0 Å². The van der Waals surface area contributed by atoms with Crippen molar-refractivity contribution in [3.8, 4) is 6.07 Å². The lowest BCUT2D eigenvalue weighted by molar-refractivity contribution is 0.890. The Kier molecular flexibility index (Phi) is 3.13. The summed E-state index contributed by atoms with van der Waals surface area (Å²) >= 11 is 5.79. The van der Waals surface area contributed by atoms with Gasteiger partial charge in [-0.15, -0.1) is 0 Å². The SMILES string of the molecule is N#CC(c1ccc(Cl)cc1)c1ncccn1. The molecule has 0 spiro atoms. The van der Waals surface area contributed by atoms with E-state index < -0.39 is 5.92 Å². The topological polar surface area (TPSA) is 49.6 Å². The molecule has 0 saturated carbocycles. The monoisotopic (exact) mass is 229 g/mol. The highest BCUT2D eigenvalue weighted by atomic mass is 35.5. The van der Waals surface area contributed by atoms with E-state index in [4.69, 9.17) is 16.9 Å². The third kappa shape index (κ3) is 2.18. The molecular weight excluding hydrogens is 222 g/mol. The fraction of sp³-hybridized carbons (Fsp3) is 0.0833. The van der Waals surface area contributed by atoms with E-state index >= 15 is 0 Å². The van der Waals surface area contributed by atoms with E-state index in [-0.39, 0.29) is 0 Å². The summed E-state index contributed by atoms with van der Waals surface area (Å²) < 4.78 is 0. The van der Waals surface area contributed by atoms with Crippen LogP contribution in [0.2, 0.25) is 5.02 Å². The van der Waals surface area contributed by atoms with Gasteiger partial charge >= 0.3 is 0 Å². The molecule has 1 atom stereocenters. The van der Waals surface area contributed by atoms with Crippen LogP contribution in [-0.2, 0) is 0 Å². The third-order valence-corrected chi connectivity index (χ3v) is 2.43. The average molecular weight is 230 g/mol. The van der Waals surface area contributed by atoms with Crippen molar-refractivity contribution in [2.75, 3.05) is 0 Å². The number of hydrogen-bond acceptors (Lipinski definition) is 3. The zero-order chi connectivity index (χ0) is 11.4. The molecule has 1 aromatic carbocycles. The number of nitriles is 1. The maximum absolute atomic E-state index is 9.14. The Labute approximate surface area is 98.4 Å². The third-order valence-electron chi connectivity index (χ3n) is 2.18. The van der Waals surface area contributed by atoms with E-state index in [0.717, 1.165) is 5.56 Å². The summed E-state index contributed by atoms with van der Waals surface area (Å²) in [6, 6.07) is 11.0. The number of hydrogen-bond donors (Lipinski definition) is 0. The fourth-order valence-corrected chi connectivity index (χ4v) is 1.52. The quantitative estimate of drug-likeness (QED) is 0.796. The van der Waals surface area contributed by atoms with Crippen LogP contribution in [0.3, 0.4) is 0 Å². The lowest BCUT2D eigenvalue weighted by atomic mass is 10.00. The molecule has 4 heteroatoms. The lowest BCUT2D eigenvalue weighted by Crippen LogP contribution is -2.03. The van der Waals surface area contributed by atoms with Crippen molar-refractivity contribution in [2.24, 2.45) is 0 Å². The standard InChI is InChI=1S/C12H8ClN3/c13-10-4-2-9(3-5-10)11(8-14)12-15-6-1-7-16-12/h1-7,11H. The summed E-state index contributed by atoms with van der Waals surface area (Å²) in [7, 11) is 0. The minimum atomic E-state index is -0.446. The number of benzene rings is 1. The van der Waals surface area contributed by atoms with Crippen LogP contribution in [0.25, 0.3) is 0 Å². The average Bonchev–Trinajstić information content (AvgIpc) is 2.34. The first-order valence-electron chi connectivity index (χ1n) is 4.73. The Balaban J connectivity index is 2.38. The van der Waals surface area contributed by atoms with Crippen LogP contribution in [0, 0.1) is 11.3 Å². The van der Waals surface area contributed by atoms with Crippen LogP contribution in [0.1, 0.15) is 17.3 Å². The molecular formula is C12H8ClN3. The number of aromatic nitrogens is 2. The highest BCUT2D eigenvalue weighted by Crippen LogP contribution is 2.22. The lowest BCUT2D eigenvalue weighted by Gasteiger charge is -2.07. The summed E-state index contributed by atoms with van der Waals surface area (Å²) in [5.41, 5.74) is 0.845. The van der Waals surface area contributed by atoms with Crippen LogP contribution in [0.4, 0.5) is 0 Å². The van der Waals surface area contributed by atoms with E-state index in [1.54, 1.807) is 30.6 Å². The molecule has 0 bridgehead atoms. The van der Waals surface area contributed by atoms with Gasteiger partial charge in [0.2, 0.25) is 0 Å². The zero-order valence-electron chi connectivity index (χ0n) is 8.34. The predicted molar refractivity (Wildman–Crippen MR) is 60.9 cm³/mol. The first kappa shape index (κ1) is 10.6. The van der Waals surface area contributed by atoms with Crippen molar-refractivity contribution in [3.05, 3.63) is 59.1 Å². The first-order chi connectivity index (χ1) is 7.81. The zero-order valence-corrected chi connectivity index (χ0v) is 9.09. The van der Waals surface area contributed by atoms with Crippen molar-refractivity contribution in [1.82, 2.24) is 9.97 Å². The van der Waals surface area contributed by atoms with E-state index in [0.29, 0.717) is 10.8 Å². The molecule has 0 aliphatic heterocycles. The molecule has 0 N–H and O–H groups in total. The Morgan fingerprint density at radius 1 is 1.12 bits per heavy atom. The Bertz CT molecular complexity index is 502. The van der Waals surface area contributed by atoms with Gasteiger partial charge in [0.25, 0.3) is 0 Å². The van der Waals surface area contributed by atoms with Crippen molar-refractivity contribution in [2.45, 2.75) is 5.92 Å². The molecule has 1 aromatic heterocycles. The summed E-state index contributed by atoms with van der Waals surface area (Å²) in [4.78, 5) is 8.16. The summed E-state index contributed by atoms with van der Waals surface area (Å²) in [6.45, 7) is 0. The Hall–Kier alpha value is -1.92. The summed E-state index contributed by atoms with van der Waals surface area (Å²) in [5, 5.41) is 9.79. The van der Waals surface area contributed by atoms with Crippen LogP contribution >= 0.6 is 11.6 Å². The summed E-state index contributed by atoms with van der Waals surface area (Å²) in [6.07, 6.45) is 3.26. The molecule has 3 nitrogen and oxygen atoms in total. The van der Waals surface area contributed by atoms with E-state index in [2.05, 4.69) is 16.0 Å². The molecule has 0 fully saturated rings. The minimum absolute atomic E-state index is 0.446. The molecule has 1 heterocycles. The van der Waals surface area contributed by atoms with Crippen LogP contribution in [0.5, 0.6) is 0 Å². The highest BCUT2D eigenvalue weighted by molar-refractivity contribution is 6.30. The van der Waals surface area contributed by atoms with Crippen molar-refractivity contribution in [3.63, 3.8) is 0 Å². The Morgan fingerprint density at radius 3 is 2.31 bits per heavy atom. The van der Waals surface area contributed by atoms with Gasteiger partial charge in [-0.25, -0.2) is 9.97 Å². The molecule has 0 aliphatic rings. The van der Waals surface area contributed by atoms with Gasteiger partial charge in [0, 0.05) is 17.4 Å². The van der Waals surface area contributed by atoms with Gasteiger partial charge < -0.3 is 0 Å². The molecule has 0 amide bonds. The molecule has 0 radical (unpaired) electrons. The minimum Gasteiger partial charge on any atom is -0.240 e. The van der Waals surface area contributed by atoms with Gasteiger partial charge in [-0.3, -0.25) is 0 Å². The smallest absolute Gasteiger partial charge is 0.149 e. The fourth-order valence-electron chi connectivity index (χ4n) is 1.40. The van der Waals surface area contributed by atoms with Gasteiger partial charge in [-0.05, 0) is 23.8 Å².